The minimum atomic E-state index is -4.35. The molecule has 0 saturated carbocycles. The molecule has 0 unspecified atom stereocenters. The first-order valence-electron chi connectivity index (χ1n) is 8.14. The SMILES string of the molecule is O=C(NCCC(=O)N1CCCC1)c1ccc(COCC(F)(F)F)cc1. The van der Waals surface area contributed by atoms with E-state index in [1.54, 1.807) is 17.0 Å². The van der Waals surface area contributed by atoms with Crippen LogP contribution in [-0.2, 0) is 16.1 Å². The van der Waals surface area contributed by atoms with Crippen molar-refractivity contribution in [3.8, 4) is 0 Å². The van der Waals surface area contributed by atoms with Crippen molar-refractivity contribution >= 4 is 11.8 Å². The van der Waals surface area contributed by atoms with E-state index in [0.717, 1.165) is 25.9 Å². The Hall–Kier alpha value is -2.09. The summed E-state index contributed by atoms with van der Waals surface area (Å²) in [6.07, 6.45) is -2.05. The highest BCUT2D eigenvalue weighted by Gasteiger charge is 2.27. The molecule has 2 rings (SSSR count). The number of alkyl halides is 3. The molecule has 1 aliphatic rings. The van der Waals surface area contributed by atoms with E-state index in [1.807, 2.05) is 0 Å². The molecule has 8 heteroatoms. The summed E-state index contributed by atoms with van der Waals surface area (Å²) in [5.41, 5.74) is 0.929. The number of nitrogens with one attached hydrogen (secondary N) is 1. The Morgan fingerprint density at radius 2 is 1.76 bits per heavy atom. The van der Waals surface area contributed by atoms with Gasteiger partial charge in [0.25, 0.3) is 5.91 Å². The van der Waals surface area contributed by atoms with Crippen LogP contribution in [0.5, 0.6) is 0 Å². The van der Waals surface area contributed by atoms with Crippen LogP contribution in [0.25, 0.3) is 0 Å². The van der Waals surface area contributed by atoms with E-state index in [4.69, 9.17) is 0 Å². The van der Waals surface area contributed by atoms with Crippen molar-refractivity contribution in [1.82, 2.24) is 10.2 Å². The van der Waals surface area contributed by atoms with Crippen molar-refractivity contribution in [1.29, 1.82) is 0 Å². The molecule has 2 amide bonds. The van der Waals surface area contributed by atoms with Crippen LogP contribution < -0.4 is 5.32 Å². The summed E-state index contributed by atoms with van der Waals surface area (Å²) in [6, 6.07) is 6.12. The lowest BCUT2D eigenvalue weighted by Crippen LogP contribution is -2.32. The molecule has 0 atom stereocenters. The van der Waals surface area contributed by atoms with Crippen LogP contribution in [0, 0.1) is 0 Å². The smallest absolute Gasteiger partial charge is 0.367 e. The lowest BCUT2D eigenvalue weighted by atomic mass is 10.1. The van der Waals surface area contributed by atoms with Gasteiger partial charge >= 0.3 is 6.18 Å². The Bertz CT molecular complexity index is 582. The number of hydrogen-bond donors (Lipinski definition) is 1. The van der Waals surface area contributed by atoms with Gasteiger partial charge in [0.15, 0.2) is 0 Å². The fourth-order valence-corrected chi connectivity index (χ4v) is 2.55. The molecule has 1 aromatic rings. The number of likely N-dealkylation sites (tertiary alicyclic amines) is 1. The minimum Gasteiger partial charge on any atom is -0.367 e. The van der Waals surface area contributed by atoms with Gasteiger partial charge in [-0.1, -0.05) is 12.1 Å². The summed E-state index contributed by atoms with van der Waals surface area (Å²) in [5.74, 6) is -0.285. The number of ether oxygens (including phenoxy) is 1. The Balaban J connectivity index is 1.71. The first kappa shape index (κ1) is 19.2. The molecule has 1 aliphatic heterocycles. The standard InChI is InChI=1S/C17H21F3N2O3/c18-17(19,20)12-25-11-13-3-5-14(6-4-13)16(24)21-8-7-15(23)22-9-1-2-10-22/h3-6H,1-2,7-12H2,(H,21,24). The molecule has 5 nitrogen and oxygen atoms in total. The third-order valence-corrected chi connectivity index (χ3v) is 3.83. The van der Waals surface area contributed by atoms with Crippen LogP contribution in [0.1, 0.15) is 35.2 Å². The molecular formula is C17H21F3N2O3. The Morgan fingerprint density at radius 1 is 1.12 bits per heavy atom. The van der Waals surface area contributed by atoms with Crippen molar-refractivity contribution in [3.05, 3.63) is 35.4 Å². The fourth-order valence-electron chi connectivity index (χ4n) is 2.55. The van der Waals surface area contributed by atoms with E-state index in [1.165, 1.54) is 12.1 Å². The van der Waals surface area contributed by atoms with E-state index in [-0.39, 0.29) is 31.4 Å². The highest BCUT2D eigenvalue weighted by atomic mass is 19.4. The van der Waals surface area contributed by atoms with Crippen LogP contribution in [0.15, 0.2) is 24.3 Å². The van der Waals surface area contributed by atoms with Gasteiger partial charge in [0.1, 0.15) is 6.61 Å². The third kappa shape index (κ3) is 6.74. The van der Waals surface area contributed by atoms with Gasteiger partial charge in [-0.3, -0.25) is 9.59 Å². The largest absolute Gasteiger partial charge is 0.411 e. The van der Waals surface area contributed by atoms with Crippen LogP contribution in [0.2, 0.25) is 0 Å². The number of rotatable bonds is 7. The van der Waals surface area contributed by atoms with Gasteiger partial charge in [0.2, 0.25) is 5.91 Å². The van der Waals surface area contributed by atoms with Crippen molar-refractivity contribution in [2.24, 2.45) is 0 Å². The first-order chi connectivity index (χ1) is 11.8. The predicted octanol–water partition coefficient (Wildman–Crippen LogP) is 2.51. The van der Waals surface area contributed by atoms with Crippen molar-refractivity contribution in [2.75, 3.05) is 26.2 Å². The van der Waals surface area contributed by atoms with Gasteiger partial charge in [-0.05, 0) is 30.5 Å². The predicted molar refractivity (Wildman–Crippen MR) is 84.9 cm³/mol. The number of carbonyl (C=O) groups is 2. The maximum Gasteiger partial charge on any atom is 0.411 e. The summed E-state index contributed by atoms with van der Waals surface area (Å²) in [5, 5.41) is 2.67. The molecule has 25 heavy (non-hydrogen) atoms. The van der Waals surface area contributed by atoms with Gasteiger partial charge in [-0.25, -0.2) is 0 Å². The highest BCUT2D eigenvalue weighted by molar-refractivity contribution is 5.94. The molecule has 1 fully saturated rings. The maximum absolute atomic E-state index is 12.0. The summed E-state index contributed by atoms with van der Waals surface area (Å²) in [4.78, 5) is 25.6. The molecule has 1 saturated heterocycles. The van der Waals surface area contributed by atoms with Gasteiger partial charge in [-0.15, -0.1) is 0 Å². The van der Waals surface area contributed by atoms with E-state index in [9.17, 15) is 22.8 Å². The van der Waals surface area contributed by atoms with Crippen LogP contribution >= 0.6 is 0 Å². The Labute approximate surface area is 144 Å². The molecule has 1 N–H and O–H groups in total. The van der Waals surface area contributed by atoms with Crippen LogP contribution in [0.4, 0.5) is 13.2 Å². The first-order valence-corrected chi connectivity index (χ1v) is 8.14. The lowest BCUT2D eigenvalue weighted by Gasteiger charge is -2.15. The van der Waals surface area contributed by atoms with Gasteiger partial charge < -0.3 is 15.0 Å². The lowest BCUT2D eigenvalue weighted by molar-refractivity contribution is -0.176. The molecule has 0 spiro atoms. The molecule has 1 heterocycles. The van der Waals surface area contributed by atoms with E-state index in [2.05, 4.69) is 10.1 Å². The Morgan fingerprint density at radius 3 is 2.36 bits per heavy atom. The summed E-state index contributed by atoms with van der Waals surface area (Å²) >= 11 is 0. The fraction of sp³-hybridized carbons (Fsp3) is 0.529. The van der Waals surface area contributed by atoms with Crippen LogP contribution in [0.3, 0.4) is 0 Å². The number of carbonyl (C=O) groups excluding carboxylic acids is 2. The molecule has 0 aliphatic carbocycles. The zero-order valence-corrected chi connectivity index (χ0v) is 13.8. The highest BCUT2D eigenvalue weighted by Crippen LogP contribution is 2.16. The topological polar surface area (TPSA) is 58.6 Å². The second-order valence-corrected chi connectivity index (χ2v) is 5.90. The summed E-state index contributed by atoms with van der Waals surface area (Å²) in [6.45, 7) is 0.339. The van der Waals surface area contributed by atoms with Crippen molar-refractivity contribution in [3.63, 3.8) is 0 Å². The number of hydrogen-bond acceptors (Lipinski definition) is 3. The van der Waals surface area contributed by atoms with Crippen molar-refractivity contribution < 1.29 is 27.5 Å². The molecule has 138 valence electrons. The molecular weight excluding hydrogens is 337 g/mol. The average Bonchev–Trinajstić information content (AvgIpc) is 3.08. The average molecular weight is 358 g/mol. The van der Waals surface area contributed by atoms with Crippen LogP contribution in [-0.4, -0.2) is 49.1 Å². The number of amides is 2. The molecule has 0 radical (unpaired) electrons. The third-order valence-electron chi connectivity index (χ3n) is 3.83. The van der Waals surface area contributed by atoms with Crippen molar-refractivity contribution in [2.45, 2.75) is 32.0 Å². The molecule has 0 aromatic heterocycles. The zero-order chi connectivity index (χ0) is 18.3. The molecule has 1 aromatic carbocycles. The number of nitrogens with zero attached hydrogens (tertiary/aromatic N) is 1. The van der Waals surface area contributed by atoms with E-state index >= 15 is 0 Å². The zero-order valence-electron chi connectivity index (χ0n) is 13.8. The normalized spacial score (nSPS) is 14.6. The van der Waals surface area contributed by atoms with E-state index in [0.29, 0.717) is 11.1 Å². The number of benzene rings is 1. The summed E-state index contributed by atoms with van der Waals surface area (Å²) in [7, 11) is 0. The van der Waals surface area contributed by atoms with Gasteiger partial charge in [0.05, 0.1) is 6.61 Å². The maximum atomic E-state index is 12.0. The second kappa shape index (κ2) is 8.84. The van der Waals surface area contributed by atoms with Gasteiger partial charge in [-0.2, -0.15) is 13.2 Å². The number of halogens is 3. The monoisotopic (exact) mass is 358 g/mol. The second-order valence-electron chi connectivity index (χ2n) is 5.90. The van der Waals surface area contributed by atoms with E-state index < -0.39 is 12.8 Å². The quantitative estimate of drug-likeness (QED) is 0.815. The molecule has 0 bridgehead atoms. The minimum absolute atomic E-state index is 0.0370. The van der Waals surface area contributed by atoms with Gasteiger partial charge in [0, 0.05) is 31.6 Å². The Kier molecular flexibility index (Phi) is 6.81. The summed E-state index contributed by atoms with van der Waals surface area (Å²) < 4.78 is 40.5.